The van der Waals surface area contributed by atoms with Crippen LogP contribution in [0.3, 0.4) is 0 Å². The first-order chi connectivity index (χ1) is 4.91. The third-order valence-electron chi connectivity index (χ3n) is 1.40. The van der Waals surface area contributed by atoms with Gasteiger partial charge in [-0.2, -0.15) is 0 Å². The van der Waals surface area contributed by atoms with Gasteiger partial charge in [0.25, 0.3) is 0 Å². The molecule has 0 aliphatic carbocycles. The molecule has 2 nitrogen and oxygen atoms in total. The topological polar surface area (TPSA) is 29.5 Å². The Kier molecular flexibility index (Phi) is 8.85. The molecule has 0 amide bonds. The first kappa shape index (κ1) is 9.92. The quantitative estimate of drug-likeness (QED) is 0.552. The average molecular weight is 146 g/mol. The van der Waals surface area contributed by atoms with Crippen LogP contribution in [0.5, 0.6) is 0 Å². The molecule has 0 aromatic carbocycles. The average Bonchev–Trinajstić information content (AvgIpc) is 1.97. The van der Waals surface area contributed by atoms with E-state index in [1.165, 1.54) is 6.42 Å². The van der Waals surface area contributed by atoms with Crippen LogP contribution in [-0.4, -0.2) is 24.9 Å². The monoisotopic (exact) mass is 146 g/mol. The fraction of sp³-hybridized carbons (Fsp3) is 1.00. The van der Waals surface area contributed by atoms with Gasteiger partial charge in [0.2, 0.25) is 0 Å². The van der Waals surface area contributed by atoms with Crippen molar-refractivity contribution in [3.63, 3.8) is 0 Å². The number of aliphatic hydroxyl groups is 1. The van der Waals surface area contributed by atoms with Crippen LogP contribution in [0.25, 0.3) is 0 Å². The predicted molar refractivity (Wildman–Crippen MR) is 42.0 cm³/mol. The Morgan fingerprint density at radius 1 is 1.10 bits per heavy atom. The lowest BCUT2D eigenvalue weighted by Crippen LogP contribution is -1.93. The molecule has 0 aromatic heterocycles. The van der Waals surface area contributed by atoms with Gasteiger partial charge in [0.15, 0.2) is 0 Å². The molecule has 0 unspecified atom stereocenters. The molecule has 2 heteroatoms. The van der Waals surface area contributed by atoms with Gasteiger partial charge in [0, 0.05) is 19.8 Å². The lowest BCUT2D eigenvalue weighted by Gasteiger charge is -1.99. The number of hydrogen-bond acceptors (Lipinski definition) is 2. The second-order valence-electron chi connectivity index (χ2n) is 2.33. The third kappa shape index (κ3) is 7.92. The molecular weight excluding hydrogens is 128 g/mol. The van der Waals surface area contributed by atoms with Crippen LogP contribution in [0.2, 0.25) is 0 Å². The minimum Gasteiger partial charge on any atom is -0.396 e. The van der Waals surface area contributed by atoms with Crippen LogP contribution in [0.4, 0.5) is 0 Å². The zero-order valence-corrected chi connectivity index (χ0v) is 6.81. The molecule has 0 saturated carbocycles. The zero-order chi connectivity index (χ0) is 7.66. The van der Waals surface area contributed by atoms with E-state index < -0.39 is 0 Å². The van der Waals surface area contributed by atoms with E-state index in [1.54, 1.807) is 0 Å². The molecule has 0 aromatic rings. The fourth-order valence-corrected chi connectivity index (χ4v) is 0.814. The number of rotatable bonds is 7. The summed E-state index contributed by atoms with van der Waals surface area (Å²) in [5.74, 6) is 0. The normalized spacial score (nSPS) is 10.2. The van der Waals surface area contributed by atoms with E-state index in [2.05, 4.69) is 0 Å². The van der Waals surface area contributed by atoms with Gasteiger partial charge in [0.1, 0.15) is 0 Å². The second kappa shape index (κ2) is 8.92. The van der Waals surface area contributed by atoms with E-state index in [4.69, 9.17) is 9.84 Å². The van der Waals surface area contributed by atoms with Gasteiger partial charge in [-0.05, 0) is 19.8 Å². The Morgan fingerprint density at radius 2 is 1.80 bits per heavy atom. The third-order valence-corrected chi connectivity index (χ3v) is 1.40. The highest BCUT2D eigenvalue weighted by atomic mass is 16.5. The van der Waals surface area contributed by atoms with Crippen LogP contribution >= 0.6 is 0 Å². The molecule has 0 bridgehead atoms. The van der Waals surface area contributed by atoms with E-state index in [-0.39, 0.29) is 0 Å². The minimum atomic E-state index is 0.328. The Balaban J connectivity index is 2.65. The van der Waals surface area contributed by atoms with Crippen molar-refractivity contribution in [2.45, 2.75) is 32.6 Å². The standard InChI is InChI=1S/C8H18O2/c1-2-10-8-6-4-3-5-7-9/h9H,2-8H2,1H3. The van der Waals surface area contributed by atoms with Crippen molar-refractivity contribution in [2.75, 3.05) is 19.8 Å². The van der Waals surface area contributed by atoms with Crippen molar-refractivity contribution >= 4 is 0 Å². The smallest absolute Gasteiger partial charge is 0.0465 e. The van der Waals surface area contributed by atoms with E-state index in [0.29, 0.717) is 6.61 Å². The van der Waals surface area contributed by atoms with Crippen LogP contribution < -0.4 is 0 Å². The molecule has 62 valence electrons. The maximum absolute atomic E-state index is 8.44. The van der Waals surface area contributed by atoms with Gasteiger partial charge in [0.05, 0.1) is 0 Å². The fourth-order valence-electron chi connectivity index (χ4n) is 0.814. The van der Waals surface area contributed by atoms with Gasteiger partial charge in [-0.1, -0.05) is 12.8 Å². The largest absolute Gasteiger partial charge is 0.396 e. The van der Waals surface area contributed by atoms with Crippen molar-refractivity contribution in [3.8, 4) is 0 Å². The summed E-state index contributed by atoms with van der Waals surface area (Å²) in [6, 6.07) is 0. The van der Waals surface area contributed by atoms with Crippen LogP contribution in [-0.2, 0) is 4.74 Å². The summed E-state index contributed by atoms with van der Waals surface area (Å²) < 4.78 is 5.15. The van der Waals surface area contributed by atoms with E-state index in [1.807, 2.05) is 6.92 Å². The molecule has 1 N–H and O–H groups in total. The molecule has 0 rings (SSSR count). The summed E-state index contributed by atoms with van der Waals surface area (Å²) >= 11 is 0. The van der Waals surface area contributed by atoms with Crippen molar-refractivity contribution < 1.29 is 9.84 Å². The highest BCUT2D eigenvalue weighted by molar-refractivity contribution is 4.40. The summed E-state index contributed by atoms with van der Waals surface area (Å²) in [4.78, 5) is 0. The molecule has 0 aliphatic heterocycles. The van der Waals surface area contributed by atoms with E-state index in [9.17, 15) is 0 Å². The van der Waals surface area contributed by atoms with Gasteiger partial charge in [-0.15, -0.1) is 0 Å². The highest BCUT2D eigenvalue weighted by Gasteiger charge is 1.87. The van der Waals surface area contributed by atoms with Crippen LogP contribution in [0, 0.1) is 0 Å². The molecule has 0 spiro atoms. The van der Waals surface area contributed by atoms with E-state index >= 15 is 0 Å². The Labute approximate surface area is 63.2 Å². The number of ether oxygens (including phenoxy) is 1. The Hall–Kier alpha value is -0.0800. The SMILES string of the molecule is CCOCCCCCCO. The number of unbranched alkanes of at least 4 members (excludes halogenated alkanes) is 3. The van der Waals surface area contributed by atoms with Gasteiger partial charge in [-0.25, -0.2) is 0 Å². The first-order valence-corrected chi connectivity index (χ1v) is 4.10. The number of hydrogen-bond donors (Lipinski definition) is 1. The first-order valence-electron chi connectivity index (χ1n) is 4.10. The summed E-state index contributed by atoms with van der Waals surface area (Å²) in [5.41, 5.74) is 0. The summed E-state index contributed by atoms with van der Waals surface area (Å²) in [6.07, 6.45) is 4.38. The lowest BCUT2D eigenvalue weighted by molar-refractivity contribution is 0.142. The van der Waals surface area contributed by atoms with Crippen molar-refractivity contribution in [2.24, 2.45) is 0 Å². The maximum Gasteiger partial charge on any atom is 0.0465 e. The molecule has 0 heterocycles. The van der Waals surface area contributed by atoms with Crippen LogP contribution in [0.1, 0.15) is 32.6 Å². The van der Waals surface area contributed by atoms with Crippen molar-refractivity contribution in [3.05, 3.63) is 0 Å². The van der Waals surface area contributed by atoms with Gasteiger partial charge in [-0.3, -0.25) is 0 Å². The van der Waals surface area contributed by atoms with Crippen LogP contribution in [0.15, 0.2) is 0 Å². The zero-order valence-electron chi connectivity index (χ0n) is 6.81. The molecular formula is C8H18O2. The molecule has 0 radical (unpaired) electrons. The number of aliphatic hydroxyl groups excluding tert-OH is 1. The minimum absolute atomic E-state index is 0.328. The molecule has 0 saturated heterocycles. The summed E-state index contributed by atoms with van der Waals surface area (Å²) in [6.45, 7) is 4.03. The van der Waals surface area contributed by atoms with Gasteiger partial charge >= 0.3 is 0 Å². The second-order valence-corrected chi connectivity index (χ2v) is 2.33. The van der Waals surface area contributed by atoms with E-state index in [0.717, 1.165) is 32.5 Å². The Bertz CT molecular complexity index is 47.2. The molecule has 0 aliphatic rings. The maximum atomic E-state index is 8.44. The summed E-state index contributed by atoms with van der Waals surface area (Å²) in [5, 5.41) is 8.44. The predicted octanol–water partition coefficient (Wildman–Crippen LogP) is 1.58. The molecule has 0 atom stereocenters. The molecule has 0 fully saturated rings. The van der Waals surface area contributed by atoms with Gasteiger partial charge < -0.3 is 9.84 Å². The molecule has 10 heavy (non-hydrogen) atoms. The van der Waals surface area contributed by atoms with Crippen molar-refractivity contribution in [1.29, 1.82) is 0 Å². The summed E-state index contributed by atoms with van der Waals surface area (Å²) in [7, 11) is 0. The Morgan fingerprint density at radius 3 is 2.40 bits per heavy atom. The van der Waals surface area contributed by atoms with Crippen molar-refractivity contribution in [1.82, 2.24) is 0 Å². The highest BCUT2D eigenvalue weighted by Crippen LogP contribution is 1.98. The lowest BCUT2D eigenvalue weighted by atomic mass is 10.2.